The fourth-order valence-corrected chi connectivity index (χ4v) is 5.70. The Labute approximate surface area is 220 Å². The summed E-state index contributed by atoms with van der Waals surface area (Å²) in [4.78, 5) is 21.3. The summed E-state index contributed by atoms with van der Waals surface area (Å²) in [7, 11) is 0. The molecule has 1 N–H and O–H groups in total. The predicted octanol–water partition coefficient (Wildman–Crippen LogP) is 3.36. The first kappa shape index (κ1) is 24.7. The molecule has 0 radical (unpaired) electrons. The molecule has 2 atom stereocenters. The second-order valence-corrected chi connectivity index (χ2v) is 10.3. The minimum absolute atomic E-state index is 0.0630. The number of halogens is 1. The zero-order chi connectivity index (χ0) is 26.2. The SMILES string of the molecule is Cc1ccc(C)c2[nH]c(=O)c([C@@H](c3nnnn3C[C@@H]3CCCO3)N3CCN(c4ccc(F)cc4)CC3)cc12. The van der Waals surface area contributed by atoms with Gasteiger partial charge in [-0.2, -0.15) is 0 Å². The number of fused-ring (bicyclic) bond motifs is 1. The van der Waals surface area contributed by atoms with Crippen LogP contribution in [-0.4, -0.2) is 69.0 Å². The maximum absolute atomic E-state index is 13.6. The molecule has 2 fully saturated rings. The molecule has 198 valence electrons. The normalized spacial score (nSPS) is 19.3. The van der Waals surface area contributed by atoms with Crippen molar-refractivity contribution in [2.24, 2.45) is 0 Å². The van der Waals surface area contributed by atoms with E-state index in [9.17, 15) is 9.18 Å². The lowest BCUT2D eigenvalue weighted by molar-refractivity contribution is 0.0906. The van der Waals surface area contributed by atoms with Gasteiger partial charge in [0.2, 0.25) is 0 Å². The third-order valence-corrected chi connectivity index (χ3v) is 7.84. The van der Waals surface area contributed by atoms with Crippen LogP contribution in [0.3, 0.4) is 0 Å². The molecule has 0 spiro atoms. The molecule has 0 aliphatic carbocycles. The van der Waals surface area contributed by atoms with E-state index in [2.05, 4.69) is 43.3 Å². The van der Waals surface area contributed by atoms with Gasteiger partial charge < -0.3 is 14.6 Å². The zero-order valence-corrected chi connectivity index (χ0v) is 21.7. The zero-order valence-electron chi connectivity index (χ0n) is 21.7. The van der Waals surface area contributed by atoms with Gasteiger partial charge in [-0.25, -0.2) is 9.07 Å². The van der Waals surface area contributed by atoms with Crippen molar-refractivity contribution in [3.05, 3.63) is 81.2 Å². The minimum Gasteiger partial charge on any atom is -0.376 e. The van der Waals surface area contributed by atoms with E-state index in [-0.39, 0.29) is 17.5 Å². The number of tetrazole rings is 1. The first-order chi connectivity index (χ1) is 18.5. The minimum atomic E-state index is -0.421. The average Bonchev–Trinajstić information content (AvgIpc) is 3.61. The number of hydrogen-bond donors (Lipinski definition) is 1. The number of nitrogens with zero attached hydrogens (tertiary/aromatic N) is 6. The third-order valence-electron chi connectivity index (χ3n) is 7.84. The van der Waals surface area contributed by atoms with Crippen molar-refractivity contribution in [3.63, 3.8) is 0 Å². The summed E-state index contributed by atoms with van der Waals surface area (Å²) in [5, 5.41) is 13.8. The van der Waals surface area contributed by atoms with Gasteiger partial charge in [0.05, 0.1) is 18.2 Å². The highest BCUT2D eigenvalue weighted by molar-refractivity contribution is 5.85. The number of aromatic nitrogens is 5. The lowest BCUT2D eigenvalue weighted by Gasteiger charge is -2.39. The Morgan fingerprint density at radius 1 is 1.08 bits per heavy atom. The summed E-state index contributed by atoms with van der Waals surface area (Å²) in [6.07, 6.45) is 2.06. The van der Waals surface area contributed by atoms with Gasteiger partial charge in [0.25, 0.3) is 5.56 Å². The van der Waals surface area contributed by atoms with E-state index >= 15 is 0 Å². The Balaban J connectivity index is 1.38. The van der Waals surface area contributed by atoms with Crippen LogP contribution in [0.25, 0.3) is 10.9 Å². The summed E-state index contributed by atoms with van der Waals surface area (Å²) in [5.74, 6) is 0.400. The molecule has 0 saturated carbocycles. The molecule has 38 heavy (non-hydrogen) atoms. The van der Waals surface area contributed by atoms with Gasteiger partial charge in [0.1, 0.15) is 11.9 Å². The molecule has 10 heteroatoms. The summed E-state index contributed by atoms with van der Waals surface area (Å²) < 4.78 is 21.1. The van der Waals surface area contributed by atoms with Crippen LogP contribution in [0.2, 0.25) is 0 Å². The van der Waals surface area contributed by atoms with E-state index in [1.165, 1.54) is 12.1 Å². The van der Waals surface area contributed by atoms with E-state index in [4.69, 9.17) is 4.74 Å². The number of H-pyrrole nitrogens is 1. The fraction of sp³-hybridized carbons (Fsp3) is 0.429. The first-order valence-corrected chi connectivity index (χ1v) is 13.2. The van der Waals surface area contributed by atoms with Gasteiger partial charge >= 0.3 is 0 Å². The number of benzene rings is 2. The summed E-state index contributed by atoms with van der Waals surface area (Å²) >= 11 is 0. The second kappa shape index (κ2) is 10.3. The summed E-state index contributed by atoms with van der Waals surface area (Å²) in [6, 6.07) is 12.3. The molecule has 9 nitrogen and oxygen atoms in total. The van der Waals surface area contributed by atoms with Gasteiger partial charge in [-0.15, -0.1) is 5.10 Å². The van der Waals surface area contributed by atoms with Crippen LogP contribution in [0, 0.1) is 19.7 Å². The molecule has 4 aromatic rings. The van der Waals surface area contributed by atoms with Crippen molar-refractivity contribution >= 4 is 16.6 Å². The summed E-state index contributed by atoms with van der Waals surface area (Å²) in [6.45, 7) is 8.22. The highest BCUT2D eigenvalue weighted by Crippen LogP contribution is 2.30. The number of piperazine rings is 1. The van der Waals surface area contributed by atoms with E-state index in [0.29, 0.717) is 31.0 Å². The molecule has 2 aromatic carbocycles. The van der Waals surface area contributed by atoms with Crippen molar-refractivity contribution in [3.8, 4) is 0 Å². The lowest BCUT2D eigenvalue weighted by Crippen LogP contribution is -2.49. The number of aryl methyl sites for hydroxylation is 2. The van der Waals surface area contributed by atoms with Crippen LogP contribution in [0.15, 0.2) is 47.3 Å². The van der Waals surface area contributed by atoms with E-state index in [0.717, 1.165) is 60.3 Å². The molecule has 2 saturated heterocycles. The molecular weight excluding hydrogens is 485 g/mol. The highest BCUT2D eigenvalue weighted by Gasteiger charge is 2.33. The largest absolute Gasteiger partial charge is 0.376 e. The Hall–Kier alpha value is -3.63. The standard InChI is InChI=1S/C28H32FN7O2/c1-18-5-6-19(2)25-23(18)16-24(28(37)30-25)26(27-31-32-33-36(27)17-22-4-3-15-38-22)35-13-11-34(12-14-35)21-9-7-20(29)8-10-21/h5-10,16,22,26H,3-4,11-15,17H2,1-2H3,(H,30,37)/t22-,26-/m0/s1. The molecule has 4 heterocycles. The number of hydrogen-bond acceptors (Lipinski definition) is 7. The van der Waals surface area contributed by atoms with Gasteiger partial charge in [-0.05, 0) is 78.6 Å². The van der Waals surface area contributed by atoms with Crippen molar-refractivity contribution < 1.29 is 9.13 Å². The van der Waals surface area contributed by atoms with Gasteiger partial charge in [0, 0.05) is 49.4 Å². The maximum Gasteiger partial charge on any atom is 0.253 e. The molecule has 2 aliphatic heterocycles. The first-order valence-electron chi connectivity index (χ1n) is 13.2. The molecule has 0 unspecified atom stereocenters. The van der Waals surface area contributed by atoms with Crippen LogP contribution in [0.1, 0.15) is 41.4 Å². The maximum atomic E-state index is 13.6. The Bertz CT molecular complexity index is 1490. The smallest absolute Gasteiger partial charge is 0.253 e. The van der Waals surface area contributed by atoms with Crippen molar-refractivity contribution in [1.82, 2.24) is 30.1 Å². The van der Waals surface area contributed by atoms with Crippen molar-refractivity contribution in [1.29, 1.82) is 0 Å². The van der Waals surface area contributed by atoms with Crippen molar-refractivity contribution in [2.45, 2.75) is 45.4 Å². The van der Waals surface area contributed by atoms with Crippen LogP contribution in [0.4, 0.5) is 10.1 Å². The fourth-order valence-electron chi connectivity index (χ4n) is 5.70. The molecular formula is C28H32FN7O2. The monoisotopic (exact) mass is 517 g/mol. The van der Waals surface area contributed by atoms with Crippen LogP contribution >= 0.6 is 0 Å². The van der Waals surface area contributed by atoms with Gasteiger partial charge in [-0.1, -0.05) is 12.1 Å². The quantitative estimate of drug-likeness (QED) is 0.419. The predicted molar refractivity (Wildman–Crippen MR) is 143 cm³/mol. The Morgan fingerprint density at radius 2 is 1.84 bits per heavy atom. The Kier molecular flexibility index (Phi) is 6.67. The number of anilines is 1. The number of rotatable bonds is 6. The average molecular weight is 518 g/mol. The molecule has 6 rings (SSSR count). The highest BCUT2D eigenvalue weighted by atomic mass is 19.1. The Morgan fingerprint density at radius 3 is 2.58 bits per heavy atom. The lowest BCUT2D eigenvalue weighted by atomic mass is 9.99. The van der Waals surface area contributed by atoms with Gasteiger partial charge in [0.15, 0.2) is 5.82 Å². The van der Waals surface area contributed by atoms with E-state index in [1.54, 1.807) is 4.68 Å². The van der Waals surface area contributed by atoms with Crippen LogP contribution < -0.4 is 10.5 Å². The van der Waals surface area contributed by atoms with Crippen molar-refractivity contribution in [2.75, 3.05) is 37.7 Å². The second-order valence-electron chi connectivity index (χ2n) is 10.3. The molecule has 2 aromatic heterocycles. The number of nitrogens with one attached hydrogen (secondary N) is 1. The topological polar surface area (TPSA) is 92.2 Å². The third kappa shape index (κ3) is 4.69. The number of ether oxygens (including phenoxy) is 1. The van der Waals surface area contributed by atoms with E-state index in [1.807, 2.05) is 31.2 Å². The van der Waals surface area contributed by atoms with Gasteiger partial charge in [-0.3, -0.25) is 9.69 Å². The number of pyridine rings is 1. The summed E-state index contributed by atoms with van der Waals surface area (Å²) in [5.41, 5.74) is 4.47. The number of aromatic amines is 1. The van der Waals surface area contributed by atoms with Crippen LogP contribution in [0.5, 0.6) is 0 Å². The van der Waals surface area contributed by atoms with Crippen LogP contribution in [-0.2, 0) is 11.3 Å². The molecule has 2 aliphatic rings. The molecule has 0 amide bonds. The van der Waals surface area contributed by atoms with E-state index < -0.39 is 6.04 Å². The molecule has 0 bridgehead atoms.